The minimum atomic E-state index is 0.157. The maximum Gasteiger partial charge on any atom is 0.193 e. The summed E-state index contributed by atoms with van der Waals surface area (Å²) in [5.41, 5.74) is 3.82. The number of thiazole rings is 2. The first-order valence-electron chi connectivity index (χ1n) is 8.31. The van der Waals surface area contributed by atoms with Crippen LogP contribution in [0.1, 0.15) is 27.4 Å². The summed E-state index contributed by atoms with van der Waals surface area (Å²) in [5, 5.41) is 8.05. The Morgan fingerprint density at radius 1 is 1.22 bits per heavy atom. The van der Waals surface area contributed by atoms with Crippen molar-refractivity contribution in [2.75, 3.05) is 5.75 Å². The SMILES string of the molecule is Cc1cc(C(=O)CSCc2csc(-c3cccs3)n2)c(C)n1-c1nccs1. The van der Waals surface area contributed by atoms with Crippen LogP contribution in [0.2, 0.25) is 0 Å². The second-order valence-corrected chi connectivity index (χ2v) is 9.64. The van der Waals surface area contributed by atoms with Crippen LogP contribution in [-0.2, 0) is 5.75 Å². The molecule has 4 nitrogen and oxygen atoms in total. The highest BCUT2D eigenvalue weighted by atomic mass is 32.2. The first-order valence-corrected chi connectivity index (χ1v) is 12.1. The Hall–Kier alpha value is -1.74. The molecule has 4 aromatic rings. The van der Waals surface area contributed by atoms with Gasteiger partial charge in [-0.3, -0.25) is 9.36 Å². The largest absolute Gasteiger partial charge is 0.294 e. The summed E-state index contributed by atoms with van der Waals surface area (Å²) in [6.45, 7) is 4.00. The molecule has 4 aromatic heterocycles. The quantitative estimate of drug-likeness (QED) is 0.344. The molecule has 0 atom stereocenters. The molecule has 0 saturated heterocycles. The molecule has 0 aromatic carbocycles. The van der Waals surface area contributed by atoms with E-state index in [2.05, 4.69) is 31.4 Å². The van der Waals surface area contributed by atoms with Crippen LogP contribution in [-0.4, -0.2) is 26.1 Å². The van der Waals surface area contributed by atoms with Gasteiger partial charge in [0.2, 0.25) is 0 Å². The second-order valence-electron chi connectivity index (χ2n) is 5.97. The third kappa shape index (κ3) is 3.94. The highest BCUT2D eigenvalue weighted by Crippen LogP contribution is 2.29. The average molecular weight is 432 g/mol. The lowest BCUT2D eigenvalue weighted by Gasteiger charge is -2.05. The average Bonchev–Trinajstić information content (AvgIpc) is 3.42. The Bertz CT molecular complexity index is 1050. The molecule has 0 fully saturated rings. The van der Waals surface area contributed by atoms with E-state index in [9.17, 15) is 4.79 Å². The number of Topliss-reactive ketones (excluding diaryl/α,β-unsaturated/α-hetero) is 1. The number of thioether (sulfide) groups is 1. The molecule has 0 radical (unpaired) electrons. The van der Waals surface area contributed by atoms with Gasteiger partial charge in [-0.2, -0.15) is 0 Å². The van der Waals surface area contributed by atoms with Gasteiger partial charge in [0.1, 0.15) is 5.01 Å². The van der Waals surface area contributed by atoms with Crippen molar-refractivity contribution in [1.29, 1.82) is 0 Å². The number of thiophene rings is 1. The van der Waals surface area contributed by atoms with Crippen molar-refractivity contribution < 1.29 is 4.79 Å². The highest BCUT2D eigenvalue weighted by molar-refractivity contribution is 7.99. The maximum atomic E-state index is 12.7. The maximum absolute atomic E-state index is 12.7. The van der Waals surface area contributed by atoms with E-state index in [0.717, 1.165) is 38.5 Å². The van der Waals surface area contributed by atoms with E-state index in [-0.39, 0.29) is 5.78 Å². The van der Waals surface area contributed by atoms with Gasteiger partial charge in [0.15, 0.2) is 10.9 Å². The van der Waals surface area contributed by atoms with E-state index < -0.39 is 0 Å². The predicted octanol–water partition coefficient (Wildman–Crippen LogP) is 5.85. The Morgan fingerprint density at radius 3 is 2.85 bits per heavy atom. The van der Waals surface area contributed by atoms with Crippen LogP contribution in [0.4, 0.5) is 0 Å². The van der Waals surface area contributed by atoms with Gasteiger partial charge < -0.3 is 0 Å². The lowest BCUT2D eigenvalue weighted by atomic mass is 10.2. The standard InChI is InChI=1S/C19H17N3OS4/c1-12-8-15(13(2)22(12)19-20-5-7-26-19)16(23)11-24-9-14-10-27-18(21-14)17-4-3-6-25-17/h3-8,10H,9,11H2,1-2H3. The van der Waals surface area contributed by atoms with Gasteiger partial charge in [-0.05, 0) is 31.4 Å². The minimum absolute atomic E-state index is 0.157. The molecule has 27 heavy (non-hydrogen) atoms. The monoisotopic (exact) mass is 431 g/mol. The van der Waals surface area contributed by atoms with Crippen LogP contribution in [0.3, 0.4) is 0 Å². The second kappa shape index (κ2) is 8.10. The molecule has 4 rings (SSSR count). The molecular weight excluding hydrogens is 414 g/mol. The number of nitrogens with zero attached hydrogens (tertiary/aromatic N) is 3. The van der Waals surface area contributed by atoms with Crippen molar-refractivity contribution in [3.05, 3.63) is 63.2 Å². The van der Waals surface area contributed by atoms with Crippen LogP contribution in [0.15, 0.2) is 40.5 Å². The van der Waals surface area contributed by atoms with E-state index in [0.29, 0.717) is 5.75 Å². The van der Waals surface area contributed by atoms with Gasteiger partial charge >= 0.3 is 0 Å². The zero-order valence-electron chi connectivity index (χ0n) is 14.8. The van der Waals surface area contributed by atoms with Crippen molar-refractivity contribution in [2.24, 2.45) is 0 Å². The Morgan fingerprint density at radius 2 is 2.11 bits per heavy atom. The predicted molar refractivity (Wildman–Crippen MR) is 117 cm³/mol. The summed E-state index contributed by atoms with van der Waals surface area (Å²) < 4.78 is 2.05. The van der Waals surface area contributed by atoms with Crippen LogP contribution in [0.5, 0.6) is 0 Å². The van der Waals surface area contributed by atoms with Crippen LogP contribution in [0.25, 0.3) is 15.0 Å². The summed E-state index contributed by atoms with van der Waals surface area (Å²) in [7, 11) is 0. The fraction of sp³-hybridized carbons (Fsp3) is 0.211. The van der Waals surface area contributed by atoms with Crippen molar-refractivity contribution in [1.82, 2.24) is 14.5 Å². The number of hydrogen-bond donors (Lipinski definition) is 0. The summed E-state index contributed by atoms with van der Waals surface area (Å²) in [6, 6.07) is 6.09. The molecule has 0 saturated carbocycles. The molecule has 0 aliphatic heterocycles. The zero-order valence-corrected chi connectivity index (χ0v) is 18.1. The van der Waals surface area contributed by atoms with Crippen molar-refractivity contribution in [3.8, 4) is 15.0 Å². The Balaban J connectivity index is 1.40. The van der Waals surface area contributed by atoms with E-state index >= 15 is 0 Å². The first-order chi connectivity index (χ1) is 13.1. The third-order valence-corrected chi connectivity index (χ3v) is 7.76. The van der Waals surface area contributed by atoms with Crippen molar-refractivity contribution >= 4 is 51.6 Å². The number of aryl methyl sites for hydroxylation is 1. The van der Waals surface area contributed by atoms with Crippen LogP contribution in [0, 0.1) is 13.8 Å². The van der Waals surface area contributed by atoms with Gasteiger partial charge in [-0.15, -0.1) is 45.8 Å². The summed E-state index contributed by atoms with van der Waals surface area (Å²) in [4.78, 5) is 23.0. The first kappa shape index (κ1) is 18.6. The normalized spacial score (nSPS) is 11.2. The lowest BCUT2D eigenvalue weighted by molar-refractivity contribution is 0.102. The number of hydrogen-bond acceptors (Lipinski definition) is 7. The van der Waals surface area contributed by atoms with Crippen LogP contribution >= 0.6 is 45.8 Å². The highest BCUT2D eigenvalue weighted by Gasteiger charge is 2.18. The van der Waals surface area contributed by atoms with E-state index in [1.54, 1.807) is 52.0 Å². The number of carbonyl (C=O) groups excluding carboxylic acids is 1. The summed E-state index contributed by atoms with van der Waals surface area (Å²) >= 11 is 6.55. The van der Waals surface area contributed by atoms with Crippen LogP contribution < -0.4 is 0 Å². The van der Waals surface area contributed by atoms with Gasteiger partial charge in [0, 0.05) is 39.7 Å². The Labute approximate surface area is 173 Å². The molecule has 0 bridgehead atoms. The minimum Gasteiger partial charge on any atom is -0.294 e. The zero-order chi connectivity index (χ0) is 18.8. The van der Waals surface area contributed by atoms with Gasteiger partial charge in [-0.25, -0.2) is 9.97 Å². The molecule has 8 heteroatoms. The topological polar surface area (TPSA) is 47.8 Å². The molecule has 0 spiro atoms. The molecule has 4 heterocycles. The fourth-order valence-corrected chi connectivity index (χ4v) is 6.17. The number of carbonyl (C=O) groups is 1. The van der Waals surface area contributed by atoms with Gasteiger partial charge in [0.25, 0.3) is 0 Å². The van der Waals surface area contributed by atoms with E-state index in [1.165, 1.54) is 4.88 Å². The lowest BCUT2D eigenvalue weighted by Crippen LogP contribution is -2.05. The molecular formula is C19H17N3OS4. The molecule has 0 aliphatic carbocycles. The van der Waals surface area contributed by atoms with Crippen molar-refractivity contribution in [2.45, 2.75) is 19.6 Å². The number of aromatic nitrogens is 3. The van der Waals surface area contributed by atoms with Gasteiger partial charge in [-0.1, -0.05) is 6.07 Å². The Kier molecular flexibility index (Phi) is 5.58. The number of ketones is 1. The smallest absolute Gasteiger partial charge is 0.193 e. The molecule has 0 amide bonds. The van der Waals surface area contributed by atoms with Gasteiger partial charge in [0.05, 0.1) is 16.3 Å². The molecule has 0 unspecified atom stereocenters. The van der Waals surface area contributed by atoms with Crippen molar-refractivity contribution in [3.63, 3.8) is 0 Å². The molecule has 0 aliphatic rings. The third-order valence-electron chi connectivity index (χ3n) is 4.11. The fourth-order valence-electron chi connectivity index (χ4n) is 2.88. The molecule has 138 valence electrons. The van der Waals surface area contributed by atoms with E-state index in [1.807, 2.05) is 31.4 Å². The molecule has 0 N–H and O–H groups in total. The van der Waals surface area contributed by atoms with E-state index in [4.69, 9.17) is 0 Å². The summed E-state index contributed by atoms with van der Waals surface area (Å²) in [6.07, 6.45) is 1.79. The summed E-state index contributed by atoms with van der Waals surface area (Å²) in [5.74, 6) is 1.36. The number of rotatable bonds is 7.